The summed E-state index contributed by atoms with van der Waals surface area (Å²) in [6.07, 6.45) is 3.52. The second-order valence-corrected chi connectivity index (χ2v) is 5.29. The summed E-state index contributed by atoms with van der Waals surface area (Å²) in [5.74, 6) is -0.117. The molecule has 5 heteroatoms. The molecule has 0 atom stereocenters. The van der Waals surface area contributed by atoms with Crippen LogP contribution in [0, 0.1) is 0 Å². The SMILES string of the molecule is O=C(CNc1cccc(Cl)c1)Nc1ccc2cnccc2c1. The van der Waals surface area contributed by atoms with Crippen LogP contribution in [0.15, 0.2) is 60.9 Å². The molecule has 0 fully saturated rings. The Labute approximate surface area is 133 Å². The number of hydrogen-bond donors (Lipinski definition) is 2. The van der Waals surface area contributed by atoms with E-state index in [2.05, 4.69) is 15.6 Å². The van der Waals surface area contributed by atoms with Gasteiger partial charge < -0.3 is 10.6 Å². The first-order valence-electron chi connectivity index (χ1n) is 6.84. The third kappa shape index (κ3) is 3.54. The molecule has 1 heterocycles. The van der Waals surface area contributed by atoms with Crippen molar-refractivity contribution in [1.29, 1.82) is 0 Å². The molecule has 110 valence electrons. The molecule has 0 saturated carbocycles. The molecule has 0 spiro atoms. The fraction of sp³-hybridized carbons (Fsp3) is 0.0588. The molecular weight excluding hydrogens is 298 g/mol. The molecule has 4 nitrogen and oxygen atoms in total. The van der Waals surface area contributed by atoms with Crippen LogP contribution in [0.4, 0.5) is 11.4 Å². The summed E-state index contributed by atoms with van der Waals surface area (Å²) in [6, 6.07) is 14.9. The van der Waals surface area contributed by atoms with E-state index in [1.807, 2.05) is 36.4 Å². The average Bonchev–Trinajstić information content (AvgIpc) is 2.53. The topological polar surface area (TPSA) is 54.0 Å². The van der Waals surface area contributed by atoms with Gasteiger partial charge in [-0.2, -0.15) is 0 Å². The molecule has 3 aromatic rings. The van der Waals surface area contributed by atoms with Gasteiger partial charge >= 0.3 is 0 Å². The highest BCUT2D eigenvalue weighted by Crippen LogP contribution is 2.18. The van der Waals surface area contributed by atoms with Gasteiger partial charge in [-0.3, -0.25) is 9.78 Å². The highest BCUT2D eigenvalue weighted by molar-refractivity contribution is 6.30. The van der Waals surface area contributed by atoms with Crippen molar-refractivity contribution < 1.29 is 4.79 Å². The molecule has 22 heavy (non-hydrogen) atoms. The largest absolute Gasteiger partial charge is 0.376 e. The number of benzene rings is 2. The Morgan fingerprint density at radius 3 is 2.82 bits per heavy atom. The van der Waals surface area contributed by atoms with Gasteiger partial charge in [0.25, 0.3) is 0 Å². The molecule has 0 radical (unpaired) electrons. The zero-order valence-electron chi connectivity index (χ0n) is 11.7. The van der Waals surface area contributed by atoms with Gasteiger partial charge in [0.1, 0.15) is 0 Å². The molecule has 1 aromatic heterocycles. The standard InChI is InChI=1S/C17H14ClN3O/c18-14-2-1-3-15(9-14)20-11-17(22)21-16-5-4-13-10-19-7-6-12(13)8-16/h1-10,20H,11H2,(H,21,22). The molecule has 0 unspecified atom stereocenters. The summed E-state index contributed by atoms with van der Waals surface area (Å²) < 4.78 is 0. The Kier molecular flexibility index (Phi) is 4.21. The van der Waals surface area contributed by atoms with Crippen molar-refractivity contribution in [2.24, 2.45) is 0 Å². The first-order valence-corrected chi connectivity index (χ1v) is 7.21. The Balaban J connectivity index is 1.63. The van der Waals surface area contributed by atoms with E-state index in [0.717, 1.165) is 22.1 Å². The number of rotatable bonds is 4. The smallest absolute Gasteiger partial charge is 0.243 e. The zero-order chi connectivity index (χ0) is 15.4. The van der Waals surface area contributed by atoms with E-state index in [1.165, 1.54) is 0 Å². The molecular formula is C17H14ClN3O. The van der Waals surface area contributed by atoms with Crippen LogP contribution in [-0.4, -0.2) is 17.4 Å². The van der Waals surface area contributed by atoms with E-state index in [-0.39, 0.29) is 12.5 Å². The first kappa shape index (κ1) is 14.4. The third-order valence-electron chi connectivity index (χ3n) is 3.20. The number of fused-ring (bicyclic) bond motifs is 1. The number of carbonyl (C=O) groups is 1. The predicted molar refractivity (Wildman–Crippen MR) is 90.3 cm³/mol. The van der Waals surface area contributed by atoms with Crippen LogP contribution in [-0.2, 0) is 4.79 Å². The van der Waals surface area contributed by atoms with Crippen LogP contribution >= 0.6 is 11.6 Å². The molecule has 0 aliphatic heterocycles. The second kappa shape index (κ2) is 6.45. The number of nitrogens with zero attached hydrogens (tertiary/aromatic N) is 1. The van der Waals surface area contributed by atoms with E-state index < -0.39 is 0 Å². The highest BCUT2D eigenvalue weighted by Gasteiger charge is 2.03. The minimum atomic E-state index is -0.117. The van der Waals surface area contributed by atoms with Crippen molar-refractivity contribution in [3.05, 3.63) is 65.9 Å². The lowest BCUT2D eigenvalue weighted by molar-refractivity contribution is -0.114. The molecule has 3 rings (SSSR count). The summed E-state index contributed by atoms with van der Waals surface area (Å²) in [5.41, 5.74) is 1.57. The van der Waals surface area contributed by atoms with Gasteiger partial charge in [-0.25, -0.2) is 0 Å². The third-order valence-corrected chi connectivity index (χ3v) is 3.44. The zero-order valence-corrected chi connectivity index (χ0v) is 12.5. The minimum absolute atomic E-state index is 0.117. The molecule has 2 aromatic carbocycles. The molecule has 2 N–H and O–H groups in total. The van der Waals surface area contributed by atoms with Crippen molar-refractivity contribution in [2.75, 3.05) is 17.2 Å². The fourth-order valence-corrected chi connectivity index (χ4v) is 2.34. The number of halogens is 1. The number of nitrogens with one attached hydrogen (secondary N) is 2. The van der Waals surface area contributed by atoms with Crippen molar-refractivity contribution in [2.45, 2.75) is 0 Å². The number of amides is 1. The minimum Gasteiger partial charge on any atom is -0.376 e. The summed E-state index contributed by atoms with van der Waals surface area (Å²) in [6.45, 7) is 0.175. The monoisotopic (exact) mass is 311 g/mol. The summed E-state index contributed by atoms with van der Waals surface area (Å²) in [4.78, 5) is 16.1. The number of aromatic nitrogens is 1. The first-order chi connectivity index (χ1) is 10.7. The molecule has 0 saturated heterocycles. The maximum absolute atomic E-state index is 12.0. The van der Waals surface area contributed by atoms with Crippen LogP contribution in [0.2, 0.25) is 5.02 Å². The normalized spacial score (nSPS) is 10.4. The van der Waals surface area contributed by atoms with Gasteiger partial charge in [0, 0.05) is 34.2 Å². The van der Waals surface area contributed by atoms with E-state index in [1.54, 1.807) is 24.5 Å². The molecule has 0 aliphatic carbocycles. The number of pyridine rings is 1. The van der Waals surface area contributed by atoms with Crippen LogP contribution in [0.5, 0.6) is 0 Å². The van der Waals surface area contributed by atoms with Crippen molar-refractivity contribution in [1.82, 2.24) is 4.98 Å². The predicted octanol–water partition coefficient (Wildman–Crippen LogP) is 3.94. The summed E-state index contributed by atoms with van der Waals surface area (Å²) >= 11 is 5.90. The highest BCUT2D eigenvalue weighted by atomic mass is 35.5. The van der Waals surface area contributed by atoms with E-state index in [4.69, 9.17) is 11.6 Å². The van der Waals surface area contributed by atoms with Gasteiger partial charge in [-0.15, -0.1) is 0 Å². The Bertz CT molecular complexity index is 820. The van der Waals surface area contributed by atoms with Crippen molar-refractivity contribution in [3.63, 3.8) is 0 Å². The van der Waals surface area contributed by atoms with Crippen LogP contribution < -0.4 is 10.6 Å². The summed E-state index contributed by atoms with van der Waals surface area (Å²) in [5, 5.41) is 8.61. The maximum Gasteiger partial charge on any atom is 0.243 e. The lowest BCUT2D eigenvalue weighted by Gasteiger charge is -2.09. The fourth-order valence-electron chi connectivity index (χ4n) is 2.15. The van der Waals surface area contributed by atoms with Crippen LogP contribution in [0.25, 0.3) is 10.8 Å². The van der Waals surface area contributed by atoms with E-state index >= 15 is 0 Å². The number of carbonyl (C=O) groups excluding carboxylic acids is 1. The quantitative estimate of drug-likeness (QED) is 0.767. The Morgan fingerprint density at radius 2 is 1.95 bits per heavy atom. The van der Waals surface area contributed by atoms with E-state index in [9.17, 15) is 4.79 Å². The van der Waals surface area contributed by atoms with Gasteiger partial charge in [-0.1, -0.05) is 23.7 Å². The average molecular weight is 312 g/mol. The van der Waals surface area contributed by atoms with Gasteiger partial charge in [-0.05, 0) is 41.8 Å². The number of anilines is 2. The molecule has 0 aliphatic rings. The van der Waals surface area contributed by atoms with Crippen molar-refractivity contribution >= 4 is 39.7 Å². The van der Waals surface area contributed by atoms with Crippen LogP contribution in [0.3, 0.4) is 0 Å². The van der Waals surface area contributed by atoms with Gasteiger partial charge in [0.2, 0.25) is 5.91 Å². The summed E-state index contributed by atoms with van der Waals surface area (Å²) in [7, 11) is 0. The molecule has 0 bridgehead atoms. The Hall–Kier alpha value is -2.59. The van der Waals surface area contributed by atoms with Crippen LogP contribution in [0.1, 0.15) is 0 Å². The molecule has 1 amide bonds. The Morgan fingerprint density at radius 1 is 1.05 bits per heavy atom. The lowest BCUT2D eigenvalue weighted by Crippen LogP contribution is -2.21. The number of hydrogen-bond acceptors (Lipinski definition) is 3. The van der Waals surface area contributed by atoms with Gasteiger partial charge in [0.05, 0.1) is 6.54 Å². The second-order valence-electron chi connectivity index (χ2n) is 4.85. The van der Waals surface area contributed by atoms with Crippen molar-refractivity contribution in [3.8, 4) is 0 Å². The lowest BCUT2D eigenvalue weighted by atomic mass is 10.1. The maximum atomic E-state index is 12.0. The van der Waals surface area contributed by atoms with Gasteiger partial charge in [0.15, 0.2) is 0 Å². The van der Waals surface area contributed by atoms with E-state index in [0.29, 0.717) is 5.02 Å².